The van der Waals surface area contributed by atoms with E-state index in [2.05, 4.69) is 5.32 Å². The SMILES string of the molecule is Cc1ccc(OCCC(=O)NC(CC(C)C)C(=O)N(C)C)cc1C. The number of amides is 2. The quantitative estimate of drug-likeness (QED) is 0.795. The molecule has 0 aliphatic heterocycles. The predicted octanol–water partition coefficient (Wildman–Crippen LogP) is 2.69. The number of rotatable bonds is 8. The van der Waals surface area contributed by atoms with Gasteiger partial charge in [-0.2, -0.15) is 0 Å². The Morgan fingerprint density at radius 3 is 2.38 bits per heavy atom. The first kappa shape index (κ1) is 20.0. The van der Waals surface area contributed by atoms with Crippen LogP contribution in [0.1, 0.15) is 37.8 Å². The van der Waals surface area contributed by atoms with E-state index in [-0.39, 0.29) is 18.2 Å². The Hall–Kier alpha value is -2.04. The smallest absolute Gasteiger partial charge is 0.244 e. The molecule has 0 saturated carbocycles. The zero-order chi connectivity index (χ0) is 18.3. The molecule has 5 heteroatoms. The average molecular weight is 334 g/mol. The Morgan fingerprint density at radius 1 is 1.17 bits per heavy atom. The van der Waals surface area contributed by atoms with Gasteiger partial charge in [-0.05, 0) is 49.4 Å². The minimum atomic E-state index is -0.478. The summed E-state index contributed by atoms with van der Waals surface area (Å²) in [6.45, 7) is 8.43. The maximum absolute atomic E-state index is 12.2. The summed E-state index contributed by atoms with van der Waals surface area (Å²) in [6, 6.07) is 5.38. The highest BCUT2D eigenvalue weighted by Gasteiger charge is 2.23. The van der Waals surface area contributed by atoms with Crippen LogP contribution >= 0.6 is 0 Å². The number of hydrogen-bond acceptors (Lipinski definition) is 3. The summed E-state index contributed by atoms with van der Waals surface area (Å²) in [4.78, 5) is 25.8. The van der Waals surface area contributed by atoms with Gasteiger partial charge in [0.1, 0.15) is 11.8 Å². The van der Waals surface area contributed by atoms with Crippen LogP contribution in [0.4, 0.5) is 0 Å². The summed E-state index contributed by atoms with van der Waals surface area (Å²) in [6.07, 6.45) is 0.850. The summed E-state index contributed by atoms with van der Waals surface area (Å²) >= 11 is 0. The second-order valence-corrected chi connectivity index (χ2v) is 6.83. The fraction of sp³-hybridized carbons (Fsp3) is 0.579. The van der Waals surface area contributed by atoms with Crippen molar-refractivity contribution < 1.29 is 14.3 Å². The van der Waals surface area contributed by atoms with E-state index in [9.17, 15) is 9.59 Å². The van der Waals surface area contributed by atoms with Crippen molar-refractivity contribution in [2.24, 2.45) is 5.92 Å². The van der Waals surface area contributed by atoms with E-state index in [0.29, 0.717) is 18.9 Å². The zero-order valence-electron chi connectivity index (χ0n) is 15.7. The molecule has 1 aromatic carbocycles. The van der Waals surface area contributed by atoms with Gasteiger partial charge in [0, 0.05) is 14.1 Å². The van der Waals surface area contributed by atoms with Crippen molar-refractivity contribution >= 4 is 11.8 Å². The van der Waals surface area contributed by atoms with Gasteiger partial charge in [0.2, 0.25) is 11.8 Å². The van der Waals surface area contributed by atoms with Crippen molar-refractivity contribution in [2.45, 2.75) is 46.6 Å². The molecule has 0 fully saturated rings. The first-order valence-electron chi connectivity index (χ1n) is 8.41. The Morgan fingerprint density at radius 2 is 1.83 bits per heavy atom. The van der Waals surface area contributed by atoms with Gasteiger partial charge < -0.3 is 15.0 Å². The van der Waals surface area contributed by atoms with Gasteiger partial charge in [0.05, 0.1) is 13.0 Å². The molecule has 1 unspecified atom stereocenters. The van der Waals surface area contributed by atoms with Gasteiger partial charge in [-0.3, -0.25) is 9.59 Å². The number of carbonyl (C=O) groups excluding carboxylic acids is 2. The lowest BCUT2D eigenvalue weighted by molar-refractivity contribution is -0.135. The summed E-state index contributed by atoms with van der Waals surface area (Å²) in [7, 11) is 3.40. The van der Waals surface area contributed by atoms with Gasteiger partial charge in [-0.25, -0.2) is 0 Å². The summed E-state index contributed by atoms with van der Waals surface area (Å²) in [5.41, 5.74) is 2.37. The van der Waals surface area contributed by atoms with Gasteiger partial charge in [0.25, 0.3) is 0 Å². The molecule has 0 saturated heterocycles. The summed E-state index contributed by atoms with van der Waals surface area (Å²) in [5, 5.41) is 2.83. The van der Waals surface area contributed by atoms with Gasteiger partial charge in [-0.15, -0.1) is 0 Å². The van der Waals surface area contributed by atoms with E-state index in [1.54, 1.807) is 14.1 Å². The third-order valence-corrected chi connectivity index (χ3v) is 3.86. The van der Waals surface area contributed by atoms with Crippen molar-refractivity contribution in [1.29, 1.82) is 0 Å². The molecular weight excluding hydrogens is 304 g/mol. The number of nitrogens with zero attached hydrogens (tertiary/aromatic N) is 1. The van der Waals surface area contributed by atoms with Crippen LogP contribution in [-0.4, -0.2) is 43.5 Å². The molecule has 134 valence electrons. The molecule has 1 rings (SSSR count). The number of nitrogens with one attached hydrogen (secondary N) is 1. The van der Waals surface area contributed by atoms with Crippen molar-refractivity contribution in [1.82, 2.24) is 10.2 Å². The first-order valence-corrected chi connectivity index (χ1v) is 8.41. The van der Waals surface area contributed by atoms with Crippen molar-refractivity contribution in [3.8, 4) is 5.75 Å². The highest BCUT2D eigenvalue weighted by molar-refractivity contribution is 5.87. The lowest BCUT2D eigenvalue weighted by Crippen LogP contribution is -2.47. The van der Waals surface area contributed by atoms with E-state index < -0.39 is 6.04 Å². The maximum atomic E-state index is 12.2. The van der Waals surface area contributed by atoms with Crippen LogP contribution in [-0.2, 0) is 9.59 Å². The predicted molar refractivity (Wildman–Crippen MR) is 96.1 cm³/mol. The van der Waals surface area contributed by atoms with Gasteiger partial charge in [-0.1, -0.05) is 19.9 Å². The third-order valence-electron chi connectivity index (χ3n) is 3.86. The molecule has 2 amide bonds. The monoisotopic (exact) mass is 334 g/mol. The number of likely N-dealkylation sites (N-methyl/N-ethyl adjacent to an activating group) is 1. The number of hydrogen-bond donors (Lipinski definition) is 1. The molecule has 0 aliphatic rings. The second-order valence-electron chi connectivity index (χ2n) is 6.83. The van der Waals surface area contributed by atoms with Gasteiger partial charge >= 0.3 is 0 Å². The number of aryl methyl sites for hydroxylation is 2. The first-order chi connectivity index (χ1) is 11.2. The van der Waals surface area contributed by atoms with Crippen LogP contribution in [0.3, 0.4) is 0 Å². The molecule has 0 radical (unpaired) electrons. The lowest BCUT2D eigenvalue weighted by atomic mass is 10.0. The van der Waals surface area contributed by atoms with Crippen molar-refractivity contribution in [3.05, 3.63) is 29.3 Å². The van der Waals surface area contributed by atoms with Gasteiger partial charge in [0.15, 0.2) is 0 Å². The Balaban J connectivity index is 2.50. The van der Waals surface area contributed by atoms with Crippen LogP contribution in [0.25, 0.3) is 0 Å². The Bertz CT molecular complexity index is 568. The molecule has 1 aromatic rings. The second kappa shape index (κ2) is 9.30. The van der Waals surface area contributed by atoms with E-state index in [1.807, 2.05) is 45.9 Å². The molecule has 0 spiro atoms. The lowest BCUT2D eigenvalue weighted by Gasteiger charge is -2.23. The van der Waals surface area contributed by atoms with E-state index >= 15 is 0 Å². The van der Waals surface area contributed by atoms with Crippen LogP contribution in [0, 0.1) is 19.8 Å². The highest BCUT2D eigenvalue weighted by atomic mass is 16.5. The molecule has 0 bridgehead atoms. The molecule has 0 heterocycles. The molecule has 0 aliphatic carbocycles. The number of carbonyl (C=O) groups is 2. The maximum Gasteiger partial charge on any atom is 0.244 e. The van der Waals surface area contributed by atoms with Crippen molar-refractivity contribution in [2.75, 3.05) is 20.7 Å². The number of benzene rings is 1. The normalized spacial score (nSPS) is 12.0. The van der Waals surface area contributed by atoms with Crippen LogP contribution in [0.2, 0.25) is 0 Å². The number of ether oxygens (including phenoxy) is 1. The average Bonchev–Trinajstić information content (AvgIpc) is 2.48. The van der Waals surface area contributed by atoms with Crippen molar-refractivity contribution in [3.63, 3.8) is 0 Å². The van der Waals surface area contributed by atoms with Crippen LogP contribution in [0.5, 0.6) is 5.75 Å². The fourth-order valence-electron chi connectivity index (χ4n) is 2.34. The molecule has 5 nitrogen and oxygen atoms in total. The molecule has 0 aromatic heterocycles. The topological polar surface area (TPSA) is 58.6 Å². The van der Waals surface area contributed by atoms with E-state index in [1.165, 1.54) is 10.5 Å². The van der Waals surface area contributed by atoms with E-state index in [4.69, 9.17) is 4.74 Å². The largest absolute Gasteiger partial charge is 0.493 e. The molecule has 24 heavy (non-hydrogen) atoms. The minimum Gasteiger partial charge on any atom is -0.493 e. The fourth-order valence-corrected chi connectivity index (χ4v) is 2.34. The summed E-state index contributed by atoms with van der Waals surface area (Å²) in [5.74, 6) is 0.840. The summed E-state index contributed by atoms with van der Waals surface area (Å²) < 4.78 is 5.63. The molecule has 1 N–H and O–H groups in total. The zero-order valence-corrected chi connectivity index (χ0v) is 15.7. The highest BCUT2D eigenvalue weighted by Crippen LogP contribution is 2.16. The van der Waals surface area contributed by atoms with Crippen LogP contribution < -0.4 is 10.1 Å². The Kier molecular flexibility index (Phi) is 7.75. The Labute approximate surface area is 145 Å². The minimum absolute atomic E-state index is 0.0767. The standard InChI is InChI=1S/C19H30N2O3/c1-13(2)11-17(19(23)21(5)6)20-18(22)9-10-24-16-8-7-14(3)15(4)12-16/h7-8,12-13,17H,9-11H2,1-6H3,(H,20,22). The van der Waals surface area contributed by atoms with E-state index in [0.717, 1.165) is 11.3 Å². The molecule has 1 atom stereocenters. The third kappa shape index (κ3) is 6.60. The molecular formula is C19H30N2O3. The van der Waals surface area contributed by atoms with Crippen LogP contribution in [0.15, 0.2) is 18.2 Å².